The first-order valence-corrected chi connectivity index (χ1v) is 6.69. The van der Waals surface area contributed by atoms with E-state index in [4.69, 9.17) is 5.14 Å². The maximum absolute atomic E-state index is 11.7. The Morgan fingerprint density at radius 3 is 2.07 bits per heavy atom. The van der Waals surface area contributed by atoms with Gasteiger partial charge in [-0.15, -0.1) is 0 Å². The Morgan fingerprint density at radius 1 is 1.07 bits per heavy atom. The van der Waals surface area contributed by atoms with Crippen LogP contribution in [-0.4, -0.2) is 8.42 Å². The highest BCUT2D eigenvalue weighted by molar-refractivity contribution is 7.90. The van der Waals surface area contributed by atoms with Gasteiger partial charge in [-0.05, 0) is 18.4 Å². The van der Waals surface area contributed by atoms with Gasteiger partial charge in [0.05, 0.1) is 0 Å². The van der Waals surface area contributed by atoms with Crippen LogP contribution < -0.4 is 5.14 Å². The molecular weight excluding hydrogens is 210 g/mol. The Kier molecular flexibility index (Phi) is 2.56. The summed E-state index contributed by atoms with van der Waals surface area (Å²) in [6, 6.07) is 9.32. The van der Waals surface area contributed by atoms with Crippen molar-refractivity contribution in [3.8, 4) is 0 Å². The standard InChI is InChI=1S/C11H15NO2S/c12-15(13,14)11(8-4-5-9-11)10-6-2-1-3-7-10/h1-3,6-7H,4-5,8-9H2,(H2,12,13,14). The van der Waals surface area contributed by atoms with E-state index in [0.29, 0.717) is 12.8 Å². The summed E-state index contributed by atoms with van der Waals surface area (Å²) >= 11 is 0. The second kappa shape index (κ2) is 3.61. The monoisotopic (exact) mass is 225 g/mol. The average Bonchev–Trinajstić information content (AvgIpc) is 2.68. The molecule has 0 heterocycles. The second-order valence-corrected chi connectivity index (χ2v) is 5.98. The van der Waals surface area contributed by atoms with Crippen molar-refractivity contribution in [2.45, 2.75) is 30.4 Å². The van der Waals surface area contributed by atoms with Crippen LogP contribution in [0.2, 0.25) is 0 Å². The predicted molar refractivity (Wildman–Crippen MR) is 59.7 cm³/mol. The van der Waals surface area contributed by atoms with E-state index in [2.05, 4.69) is 0 Å². The minimum atomic E-state index is -3.52. The number of primary sulfonamides is 1. The highest BCUT2D eigenvalue weighted by Crippen LogP contribution is 2.43. The first-order valence-electron chi connectivity index (χ1n) is 5.14. The molecule has 3 nitrogen and oxygen atoms in total. The van der Waals surface area contributed by atoms with Gasteiger partial charge < -0.3 is 0 Å². The van der Waals surface area contributed by atoms with E-state index in [-0.39, 0.29) is 0 Å². The van der Waals surface area contributed by atoms with Crippen molar-refractivity contribution in [1.82, 2.24) is 0 Å². The van der Waals surface area contributed by atoms with E-state index >= 15 is 0 Å². The highest BCUT2D eigenvalue weighted by Gasteiger charge is 2.45. The molecule has 1 saturated carbocycles. The van der Waals surface area contributed by atoms with Crippen LogP contribution in [0.5, 0.6) is 0 Å². The van der Waals surface area contributed by atoms with Gasteiger partial charge in [0.15, 0.2) is 0 Å². The third-order valence-corrected chi connectivity index (χ3v) is 4.99. The lowest BCUT2D eigenvalue weighted by atomic mass is 9.97. The highest BCUT2D eigenvalue weighted by atomic mass is 32.2. The molecule has 0 spiro atoms. The van der Waals surface area contributed by atoms with Crippen molar-refractivity contribution < 1.29 is 8.42 Å². The molecule has 2 rings (SSSR count). The summed E-state index contributed by atoms with van der Waals surface area (Å²) in [5, 5.41) is 5.38. The lowest BCUT2D eigenvalue weighted by molar-refractivity contribution is 0.525. The van der Waals surface area contributed by atoms with Gasteiger partial charge in [-0.1, -0.05) is 43.2 Å². The van der Waals surface area contributed by atoms with E-state index in [1.54, 1.807) is 0 Å². The first kappa shape index (κ1) is 10.6. The van der Waals surface area contributed by atoms with Crippen molar-refractivity contribution in [2.24, 2.45) is 5.14 Å². The molecule has 1 aliphatic rings. The molecule has 0 aromatic heterocycles. The first-order chi connectivity index (χ1) is 7.06. The molecule has 4 heteroatoms. The van der Waals surface area contributed by atoms with E-state index < -0.39 is 14.8 Å². The van der Waals surface area contributed by atoms with Gasteiger partial charge in [-0.2, -0.15) is 0 Å². The van der Waals surface area contributed by atoms with Gasteiger partial charge in [-0.25, -0.2) is 13.6 Å². The van der Waals surface area contributed by atoms with Crippen LogP contribution in [0.4, 0.5) is 0 Å². The molecular formula is C11H15NO2S. The van der Waals surface area contributed by atoms with Gasteiger partial charge >= 0.3 is 0 Å². The van der Waals surface area contributed by atoms with E-state index in [0.717, 1.165) is 18.4 Å². The summed E-state index contributed by atoms with van der Waals surface area (Å²) in [5.74, 6) is 0. The third kappa shape index (κ3) is 1.68. The molecule has 0 saturated heterocycles. The molecule has 1 aromatic carbocycles. The SMILES string of the molecule is NS(=O)(=O)C1(c2ccccc2)CCCC1. The molecule has 2 N–H and O–H groups in total. The van der Waals surface area contributed by atoms with Crippen LogP contribution >= 0.6 is 0 Å². The molecule has 1 aromatic rings. The fourth-order valence-corrected chi connectivity index (χ4v) is 3.75. The number of nitrogens with two attached hydrogens (primary N) is 1. The normalized spacial score (nSPS) is 20.3. The van der Waals surface area contributed by atoms with E-state index in [1.807, 2.05) is 30.3 Å². The van der Waals surface area contributed by atoms with E-state index in [9.17, 15) is 8.42 Å². The number of benzene rings is 1. The Balaban J connectivity index is 2.54. The second-order valence-electron chi connectivity index (χ2n) is 4.11. The van der Waals surface area contributed by atoms with Crippen molar-refractivity contribution in [1.29, 1.82) is 0 Å². The summed E-state index contributed by atoms with van der Waals surface area (Å²) in [7, 11) is -3.52. The third-order valence-electron chi connectivity index (χ3n) is 3.26. The number of sulfonamides is 1. The van der Waals surface area contributed by atoms with Gasteiger partial charge in [0.1, 0.15) is 4.75 Å². The van der Waals surface area contributed by atoms with Crippen molar-refractivity contribution in [3.05, 3.63) is 35.9 Å². The van der Waals surface area contributed by atoms with Gasteiger partial charge in [0.25, 0.3) is 0 Å². The maximum atomic E-state index is 11.7. The quantitative estimate of drug-likeness (QED) is 0.833. The molecule has 0 aliphatic heterocycles. The smallest absolute Gasteiger partial charge is 0.219 e. The largest absolute Gasteiger partial charge is 0.228 e. The summed E-state index contributed by atoms with van der Waals surface area (Å²) in [6.45, 7) is 0. The fraction of sp³-hybridized carbons (Fsp3) is 0.455. The minimum absolute atomic E-state index is 0.649. The zero-order chi connectivity index (χ0) is 10.9. The summed E-state index contributed by atoms with van der Waals surface area (Å²) < 4.78 is 22.6. The fourth-order valence-electron chi connectivity index (χ4n) is 2.43. The molecule has 0 radical (unpaired) electrons. The number of hydrogen-bond acceptors (Lipinski definition) is 2. The van der Waals surface area contributed by atoms with E-state index in [1.165, 1.54) is 0 Å². The van der Waals surface area contributed by atoms with Crippen LogP contribution in [0.1, 0.15) is 31.2 Å². The zero-order valence-corrected chi connectivity index (χ0v) is 9.33. The van der Waals surface area contributed by atoms with Crippen LogP contribution in [0.15, 0.2) is 30.3 Å². The van der Waals surface area contributed by atoms with Crippen LogP contribution in [0.25, 0.3) is 0 Å². The number of rotatable bonds is 2. The number of hydrogen-bond donors (Lipinski definition) is 1. The van der Waals surface area contributed by atoms with Crippen molar-refractivity contribution in [2.75, 3.05) is 0 Å². The zero-order valence-electron chi connectivity index (χ0n) is 8.52. The Hall–Kier alpha value is -0.870. The van der Waals surface area contributed by atoms with Gasteiger partial charge in [0, 0.05) is 0 Å². The van der Waals surface area contributed by atoms with Crippen LogP contribution in [0.3, 0.4) is 0 Å². The Morgan fingerprint density at radius 2 is 1.60 bits per heavy atom. The van der Waals surface area contributed by atoms with Gasteiger partial charge in [0.2, 0.25) is 10.0 Å². The van der Waals surface area contributed by atoms with Crippen molar-refractivity contribution >= 4 is 10.0 Å². The molecule has 15 heavy (non-hydrogen) atoms. The lowest BCUT2D eigenvalue weighted by Gasteiger charge is -2.26. The molecule has 0 unspecified atom stereocenters. The predicted octanol–water partition coefficient (Wildman–Crippen LogP) is 1.74. The molecule has 1 aliphatic carbocycles. The minimum Gasteiger partial charge on any atom is -0.228 e. The van der Waals surface area contributed by atoms with Crippen LogP contribution in [0, 0.1) is 0 Å². The average molecular weight is 225 g/mol. The molecule has 0 amide bonds. The Bertz CT molecular complexity index is 433. The molecule has 1 fully saturated rings. The molecule has 0 atom stereocenters. The molecule has 82 valence electrons. The summed E-state index contributed by atoms with van der Waals surface area (Å²) in [4.78, 5) is 0. The molecule has 0 bridgehead atoms. The van der Waals surface area contributed by atoms with Crippen LogP contribution in [-0.2, 0) is 14.8 Å². The van der Waals surface area contributed by atoms with Gasteiger partial charge in [-0.3, -0.25) is 0 Å². The topological polar surface area (TPSA) is 60.2 Å². The van der Waals surface area contributed by atoms with Crippen molar-refractivity contribution in [3.63, 3.8) is 0 Å². The maximum Gasteiger partial charge on any atom is 0.219 e. The summed E-state index contributed by atoms with van der Waals surface area (Å²) in [5.41, 5.74) is 0.838. The lowest BCUT2D eigenvalue weighted by Crippen LogP contribution is -2.38. The summed E-state index contributed by atoms with van der Waals surface area (Å²) in [6.07, 6.45) is 3.17. The Labute approximate surface area is 90.4 Å².